The molecule has 0 spiro atoms. The number of aliphatic hydroxyl groups is 1. The summed E-state index contributed by atoms with van der Waals surface area (Å²) in [5.74, 6) is 0. The first kappa shape index (κ1) is 14.8. The first-order chi connectivity index (χ1) is 8.50. The molecule has 0 fully saturated rings. The Morgan fingerprint density at radius 3 is 2.78 bits per heavy atom. The zero-order valence-electron chi connectivity index (χ0n) is 10.7. The lowest BCUT2D eigenvalue weighted by Crippen LogP contribution is -2.38. The standard InChI is InChI=1S/C13H19ClN2O2/c1-10(17)7-8-16(2)13(18)15-9-11-5-3-4-6-12(11)14/h3-6,10,17H,7-9H2,1-2H3,(H,15,18). The minimum atomic E-state index is -0.399. The van der Waals surface area contributed by atoms with Gasteiger partial charge in [-0.1, -0.05) is 29.8 Å². The van der Waals surface area contributed by atoms with E-state index in [2.05, 4.69) is 5.32 Å². The lowest BCUT2D eigenvalue weighted by atomic mass is 10.2. The number of hydrogen-bond acceptors (Lipinski definition) is 2. The number of amides is 2. The molecule has 2 amide bonds. The van der Waals surface area contributed by atoms with Crippen LogP contribution < -0.4 is 5.32 Å². The smallest absolute Gasteiger partial charge is 0.317 e. The second-order valence-electron chi connectivity index (χ2n) is 4.31. The van der Waals surface area contributed by atoms with Gasteiger partial charge in [0, 0.05) is 25.2 Å². The van der Waals surface area contributed by atoms with Crippen LogP contribution in [0.5, 0.6) is 0 Å². The average molecular weight is 271 g/mol. The molecule has 4 nitrogen and oxygen atoms in total. The molecule has 1 atom stereocenters. The van der Waals surface area contributed by atoms with Gasteiger partial charge in [-0.2, -0.15) is 0 Å². The van der Waals surface area contributed by atoms with E-state index in [9.17, 15) is 4.79 Å². The highest BCUT2D eigenvalue weighted by Gasteiger charge is 2.09. The minimum absolute atomic E-state index is 0.171. The van der Waals surface area contributed by atoms with Gasteiger partial charge >= 0.3 is 6.03 Å². The third-order valence-electron chi connectivity index (χ3n) is 2.62. The van der Waals surface area contributed by atoms with Gasteiger partial charge in [-0.3, -0.25) is 0 Å². The number of benzene rings is 1. The third kappa shape index (κ3) is 4.94. The van der Waals surface area contributed by atoms with Crippen LogP contribution in [0.15, 0.2) is 24.3 Å². The molecule has 1 rings (SSSR count). The lowest BCUT2D eigenvalue weighted by Gasteiger charge is -2.18. The van der Waals surface area contributed by atoms with Crippen molar-refractivity contribution in [1.29, 1.82) is 0 Å². The molecule has 0 heterocycles. The van der Waals surface area contributed by atoms with Gasteiger partial charge in [0.25, 0.3) is 0 Å². The van der Waals surface area contributed by atoms with Gasteiger partial charge in [0.05, 0.1) is 6.10 Å². The normalized spacial score (nSPS) is 12.0. The van der Waals surface area contributed by atoms with Crippen LogP contribution in [0.25, 0.3) is 0 Å². The summed E-state index contributed by atoms with van der Waals surface area (Å²) in [4.78, 5) is 13.3. The summed E-state index contributed by atoms with van der Waals surface area (Å²) in [7, 11) is 1.70. The molecule has 0 aromatic heterocycles. The van der Waals surface area contributed by atoms with Crippen molar-refractivity contribution in [3.8, 4) is 0 Å². The molecule has 2 N–H and O–H groups in total. The van der Waals surface area contributed by atoms with Crippen molar-refractivity contribution in [1.82, 2.24) is 10.2 Å². The van der Waals surface area contributed by atoms with E-state index in [1.165, 1.54) is 0 Å². The zero-order chi connectivity index (χ0) is 13.5. The van der Waals surface area contributed by atoms with Crippen LogP contribution in [0, 0.1) is 0 Å². The van der Waals surface area contributed by atoms with Crippen molar-refractivity contribution < 1.29 is 9.90 Å². The van der Waals surface area contributed by atoms with Gasteiger partial charge in [0.15, 0.2) is 0 Å². The first-order valence-corrected chi connectivity index (χ1v) is 6.29. The first-order valence-electron chi connectivity index (χ1n) is 5.91. The topological polar surface area (TPSA) is 52.6 Å². The molecule has 0 aliphatic carbocycles. The summed E-state index contributed by atoms with van der Waals surface area (Å²) in [6, 6.07) is 7.22. The van der Waals surface area contributed by atoms with Crippen LogP contribution >= 0.6 is 11.6 Å². The van der Waals surface area contributed by atoms with Gasteiger partial charge in [-0.05, 0) is 25.0 Å². The molecule has 0 saturated heterocycles. The highest BCUT2D eigenvalue weighted by molar-refractivity contribution is 6.31. The highest BCUT2D eigenvalue weighted by atomic mass is 35.5. The van der Waals surface area contributed by atoms with Crippen LogP contribution in [-0.2, 0) is 6.54 Å². The van der Waals surface area contributed by atoms with Gasteiger partial charge in [0.1, 0.15) is 0 Å². The molecule has 0 aliphatic rings. The summed E-state index contributed by atoms with van der Waals surface area (Å²) in [5, 5.41) is 12.6. The molecule has 0 radical (unpaired) electrons. The average Bonchev–Trinajstić information content (AvgIpc) is 2.34. The molecule has 1 aromatic rings. The van der Waals surface area contributed by atoms with Crippen molar-refractivity contribution in [3.05, 3.63) is 34.9 Å². The zero-order valence-corrected chi connectivity index (χ0v) is 11.4. The molecule has 1 unspecified atom stereocenters. The Kier molecular flexibility index (Phi) is 5.95. The Morgan fingerprint density at radius 1 is 1.50 bits per heavy atom. The summed E-state index contributed by atoms with van der Waals surface area (Å²) < 4.78 is 0. The molecule has 0 saturated carbocycles. The van der Waals surface area contributed by atoms with Gasteiger partial charge < -0.3 is 15.3 Å². The largest absolute Gasteiger partial charge is 0.393 e. The van der Waals surface area contributed by atoms with Crippen LogP contribution in [-0.4, -0.2) is 35.7 Å². The summed E-state index contributed by atoms with van der Waals surface area (Å²) >= 11 is 5.99. The van der Waals surface area contributed by atoms with E-state index in [0.29, 0.717) is 24.5 Å². The van der Waals surface area contributed by atoms with E-state index < -0.39 is 6.10 Å². The number of hydrogen-bond donors (Lipinski definition) is 2. The Balaban J connectivity index is 2.39. The number of aliphatic hydroxyl groups excluding tert-OH is 1. The van der Waals surface area contributed by atoms with Crippen molar-refractivity contribution >= 4 is 17.6 Å². The van der Waals surface area contributed by atoms with E-state index in [1.54, 1.807) is 24.9 Å². The number of rotatable bonds is 5. The van der Waals surface area contributed by atoms with Crippen LogP contribution in [0.3, 0.4) is 0 Å². The second kappa shape index (κ2) is 7.24. The van der Waals surface area contributed by atoms with Crippen molar-refractivity contribution in [3.63, 3.8) is 0 Å². The van der Waals surface area contributed by atoms with E-state index in [-0.39, 0.29) is 6.03 Å². The number of nitrogens with zero attached hydrogens (tertiary/aromatic N) is 1. The Labute approximate surface area is 113 Å². The number of carbonyl (C=O) groups is 1. The molecule has 18 heavy (non-hydrogen) atoms. The van der Waals surface area contributed by atoms with Crippen molar-refractivity contribution in [2.75, 3.05) is 13.6 Å². The fourth-order valence-corrected chi connectivity index (χ4v) is 1.63. The predicted molar refractivity (Wildman–Crippen MR) is 72.6 cm³/mol. The number of halogens is 1. The molecular weight excluding hydrogens is 252 g/mol. The van der Waals surface area contributed by atoms with Crippen LogP contribution in [0.2, 0.25) is 5.02 Å². The van der Waals surface area contributed by atoms with E-state index in [0.717, 1.165) is 5.56 Å². The molecule has 0 aliphatic heterocycles. The monoisotopic (exact) mass is 270 g/mol. The van der Waals surface area contributed by atoms with Crippen LogP contribution in [0.1, 0.15) is 18.9 Å². The molecule has 5 heteroatoms. The molecule has 1 aromatic carbocycles. The highest BCUT2D eigenvalue weighted by Crippen LogP contribution is 2.14. The fraction of sp³-hybridized carbons (Fsp3) is 0.462. The maximum atomic E-state index is 11.7. The Morgan fingerprint density at radius 2 is 2.17 bits per heavy atom. The van der Waals surface area contributed by atoms with E-state index >= 15 is 0 Å². The maximum Gasteiger partial charge on any atom is 0.317 e. The third-order valence-corrected chi connectivity index (χ3v) is 2.99. The summed E-state index contributed by atoms with van der Waals surface area (Å²) in [6.07, 6.45) is 0.166. The summed E-state index contributed by atoms with van der Waals surface area (Å²) in [6.45, 7) is 2.62. The van der Waals surface area contributed by atoms with Crippen molar-refractivity contribution in [2.24, 2.45) is 0 Å². The van der Waals surface area contributed by atoms with Crippen LogP contribution in [0.4, 0.5) is 4.79 Å². The Bertz CT molecular complexity index is 396. The van der Waals surface area contributed by atoms with Gasteiger partial charge in [-0.15, -0.1) is 0 Å². The van der Waals surface area contributed by atoms with Gasteiger partial charge in [0.2, 0.25) is 0 Å². The van der Waals surface area contributed by atoms with Gasteiger partial charge in [-0.25, -0.2) is 4.79 Å². The SMILES string of the molecule is CC(O)CCN(C)C(=O)NCc1ccccc1Cl. The predicted octanol–water partition coefficient (Wildman–Crippen LogP) is 2.25. The minimum Gasteiger partial charge on any atom is -0.393 e. The molecule has 0 bridgehead atoms. The molecular formula is C13H19ClN2O2. The molecule has 100 valence electrons. The number of carbonyl (C=O) groups excluding carboxylic acids is 1. The Hall–Kier alpha value is -1.26. The van der Waals surface area contributed by atoms with Crippen molar-refractivity contribution in [2.45, 2.75) is 26.0 Å². The summed E-state index contributed by atoms with van der Waals surface area (Å²) in [5.41, 5.74) is 0.886. The maximum absolute atomic E-state index is 11.7. The second-order valence-corrected chi connectivity index (χ2v) is 4.72. The number of urea groups is 1. The quantitative estimate of drug-likeness (QED) is 0.862. The lowest BCUT2D eigenvalue weighted by molar-refractivity contribution is 0.163. The van der Waals surface area contributed by atoms with E-state index in [4.69, 9.17) is 16.7 Å². The van der Waals surface area contributed by atoms with E-state index in [1.807, 2.05) is 18.2 Å². The number of nitrogens with one attached hydrogen (secondary N) is 1. The fourth-order valence-electron chi connectivity index (χ4n) is 1.43.